The third-order valence-electron chi connectivity index (χ3n) is 1.64. The number of primary amides is 1. The summed E-state index contributed by atoms with van der Waals surface area (Å²) in [4.78, 5) is 10.6. The van der Waals surface area contributed by atoms with Crippen LogP contribution in [0.15, 0.2) is 0 Å². The lowest BCUT2D eigenvalue weighted by molar-refractivity contribution is -0.121. The topological polar surface area (TPSA) is 55.1 Å². The van der Waals surface area contributed by atoms with Crippen molar-refractivity contribution >= 4 is 17.7 Å². The van der Waals surface area contributed by atoms with Gasteiger partial charge in [-0.25, -0.2) is 0 Å². The summed E-state index contributed by atoms with van der Waals surface area (Å²) in [5.41, 5.74) is 5.09. The Morgan fingerprint density at radius 1 is 1.67 bits per heavy atom. The van der Waals surface area contributed by atoms with Gasteiger partial charge in [0.25, 0.3) is 0 Å². The van der Waals surface area contributed by atoms with E-state index in [2.05, 4.69) is 11.6 Å². The van der Waals surface area contributed by atoms with Crippen molar-refractivity contribution in [2.45, 2.75) is 13.3 Å². The Morgan fingerprint density at radius 2 is 2.33 bits per heavy atom. The summed E-state index contributed by atoms with van der Waals surface area (Å²) in [6.07, 6.45) is 3.23. The minimum Gasteiger partial charge on any atom is -0.369 e. The Morgan fingerprint density at radius 3 is 2.83 bits per heavy atom. The van der Waals surface area contributed by atoms with Crippen molar-refractivity contribution in [1.29, 1.82) is 0 Å². The van der Waals surface area contributed by atoms with E-state index in [-0.39, 0.29) is 11.8 Å². The molecule has 1 amide bonds. The number of carbonyl (C=O) groups is 1. The van der Waals surface area contributed by atoms with E-state index in [9.17, 15) is 4.79 Å². The number of thioether (sulfide) groups is 1. The van der Waals surface area contributed by atoms with Gasteiger partial charge < -0.3 is 11.1 Å². The summed E-state index contributed by atoms with van der Waals surface area (Å²) in [6, 6.07) is 0. The zero-order valence-corrected chi connectivity index (χ0v) is 8.62. The van der Waals surface area contributed by atoms with E-state index in [4.69, 9.17) is 5.73 Å². The Labute approximate surface area is 78.5 Å². The van der Waals surface area contributed by atoms with Crippen molar-refractivity contribution in [3.05, 3.63) is 0 Å². The SMILES string of the molecule is CSCCCNCC(C)C(N)=O. The molecule has 0 rings (SSSR count). The summed E-state index contributed by atoms with van der Waals surface area (Å²) in [6.45, 7) is 3.51. The van der Waals surface area contributed by atoms with Gasteiger partial charge in [-0.3, -0.25) is 4.79 Å². The number of amides is 1. The zero-order valence-electron chi connectivity index (χ0n) is 7.80. The average molecular weight is 190 g/mol. The number of rotatable bonds is 7. The van der Waals surface area contributed by atoms with Crippen molar-refractivity contribution in [3.63, 3.8) is 0 Å². The van der Waals surface area contributed by atoms with E-state index in [1.54, 1.807) is 0 Å². The summed E-state index contributed by atoms with van der Waals surface area (Å²) in [5, 5.41) is 3.19. The Balaban J connectivity index is 3.14. The predicted octanol–water partition coefficient (Wildman–Crippen LogP) is 0.450. The van der Waals surface area contributed by atoms with Crippen molar-refractivity contribution in [2.24, 2.45) is 11.7 Å². The molecule has 3 nitrogen and oxygen atoms in total. The molecule has 4 heteroatoms. The van der Waals surface area contributed by atoms with E-state index < -0.39 is 0 Å². The largest absolute Gasteiger partial charge is 0.369 e. The molecule has 12 heavy (non-hydrogen) atoms. The third kappa shape index (κ3) is 6.49. The fourth-order valence-electron chi connectivity index (χ4n) is 0.761. The highest BCUT2D eigenvalue weighted by Gasteiger charge is 2.06. The smallest absolute Gasteiger partial charge is 0.221 e. The maximum Gasteiger partial charge on any atom is 0.221 e. The van der Waals surface area contributed by atoms with Crippen molar-refractivity contribution in [2.75, 3.05) is 25.1 Å². The Kier molecular flexibility index (Phi) is 7.29. The molecular weight excluding hydrogens is 172 g/mol. The van der Waals surface area contributed by atoms with Gasteiger partial charge in [0.05, 0.1) is 0 Å². The summed E-state index contributed by atoms with van der Waals surface area (Å²) >= 11 is 1.84. The fourth-order valence-corrected chi connectivity index (χ4v) is 1.19. The molecule has 0 spiro atoms. The van der Waals surface area contributed by atoms with E-state index >= 15 is 0 Å². The molecule has 0 aromatic carbocycles. The second-order valence-corrected chi connectivity index (χ2v) is 3.84. The lowest BCUT2D eigenvalue weighted by Crippen LogP contribution is -2.31. The molecule has 0 aliphatic rings. The van der Waals surface area contributed by atoms with Gasteiger partial charge in [-0.15, -0.1) is 0 Å². The van der Waals surface area contributed by atoms with E-state index in [1.165, 1.54) is 0 Å². The Bertz CT molecular complexity index is 130. The van der Waals surface area contributed by atoms with Crippen LogP contribution < -0.4 is 11.1 Å². The molecule has 0 saturated heterocycles. The van der Waals surface area contributed by atoms with E-state index in [0.717, 1.165) is 18.7 Å². The van der Waals surface area contributed by atoms with Gasteiger partial charge in [-0.05, 0) is 25.0 Å². The van der Waals surface area contributed by atoms with Crippen LogP contribution >= 0.6 is 11.8 Å². The van der Waals surface area contributed by atoms with Gasteiger partial charge >= 0.3 is 0 Å². The quantitative estimate of drug-likeness (QED) is 0.573. The molecule has 0 aromatic rings. The summed E-state index contributed by atoms with van der Waals surface area (Å²) < 4.78 is 0. The number of hydrogen-bond acceptors (Lipinski definition) is 3. The second kappa shape index (κ2) is 7.43. The van der Waals surface area contributed by atoms with Gasteiger partial charge in [0.1, 0.15) is 0 Å². The molecule has 0 heterocycles. The minimum absolute atomic E-state index is 0.0562. The number of carbonyl (C=O) groups excluding carboxylic acids is 1. The highest BCUT2D eigenvalue weighted by atomic mass is 32.2. The third-order valence-corrected chi connectivity index (χ3v) is 2.34. The molecule has 3 N–H and O–H groups in total. The van der Waals surface area contributed by atoms with E-state index in [1.807, 2.05) is 18.7 Å². The van der Waals surface area contributed by atoms with Crippen LogP contribution in [0.2, 0.25) is 0 Å². The lowest BCUT2D eigenvalue weighted by atomic mass is 10.2. The van der Waals surface area contributed by atoms with Crippen molar-refractivity contribution in [3.8, 4) is 0 Å². The van der Waals surface area contributed by atoms with Crippen molar-refractivity contribution < 1.29 is 4.79 Å². The molecule has 0 fully saturated rings. The molecule has 0 aromatic heterocycles. The first kappa shape index (κ1) is 11.8. The lowest BCUT2D eigenvalue weighted by Gasteiger charge is -2.07. The highest BCUT2D eigenvalue weighted by Crippen LogP contribution is 1.94. The van der Waals surface area contributed by atoms with Crippen LogP contribution in [0.5, 0.6) is 0 Å². The van der Waals surface area contributed by atoms with Crippen molar-refractivity contribution in [1.82, 2.24) is 5.32 Å². The number of nitrogens with one attached hydrogen (secondary N) is 1. The van der Waals surface area contributed by atoms with Gasteiger partial charge in [-0.1, -0.05) is 6.92 Å². The van der Waals surface area contributed by atoms with Crippen LogP contribution in [0.1, 0.15) is 13.3 Å². The summed E-state index contributed by atoms with van der Waals surface area (Å²) in [5.74, 6) is 0.879. The fraction of sp³-hybridized carbons (Fsp3) is 0.875. The van der Waals surface area contributed by atoms with Gasteiger partial charge in [0, 0.05) is 12.5 Å². The standard InChI is InChI=1S/C8H18N2OS/c1-7(8(9)11)6-10-4-3-5-12-2/h7,10H,3-6H2,1-2H3,(H2,9,11). The van der Waals surface area contributed by atoms with Crippen LogP contribution in [0, 0.1) is 5.92 Å². The maximum absolute atomic E-state index is 10.6. The molecule has 72 valence electrons. The number of nitrogens with two attached hydrogens (primary N) is 1. The zero-order chi connectivity index (χ0) is 9.40. The van der Waals surface area contributed by atoms with Gasteiger partial charge in [0.2, 0.25) is 5.91 Å². The monoisotopic (exact) mass is 190 g/mol. The van der Waals surface area contributed by atoms with Crippen LogP contribution in [0.25, 0.3) is 0 Å². The number of hydrogen-bond donors (Lipinski definition) is 2. The maximum atomic E-state index is 10.6. The first-order valence-corrected chi connectivity index (χ1v) is 5.56. The highest BCUT2D eigenvalue weighted by molar-refractivity contribution is 7.98. The predicted molar refractivity (Wildman–Crippen MR) is 54.2 cm³/mol. The normalized spacial score (nSPS) is 12.8. The van der Waals surface area contributed by atoms with Gasteiger partial charge in [-0.2, -0.15) is 11.8 Å². The molecule has 0 bridgehead atoms. The molecule has 0 aliphatic heterocycles. The molecule has 0 aliphatic carbocycles. The second-order valence-electron chi connectivity index (χ2n) is 2.85. The molecular formula is C8H18N2OS. The van der Waals surface area contributed by atoms with E-state index in [0.29, 0.717) is 6.54 Å². The molecule has 0 saturated carbocycles. The van der Waals surface area contributed by atoms with Crippen LogP contribution in [-0.2, 0) is 4.79 Å². The van der Waals surface area contributed by atoms with Crippen LogP contribution in [0.4, 0.5) is 0 Å². The average Bonchev–Trinajstić information content (AvgIpc) is 2.03. The Hall–Kier alpha value is -0.220. The molecule has 1 unspecified atom stereocenters. The van der Waals surface area contributed by atoms with Crippen LogP contribution in [0.3, 0.4) is 0 Å². The minimum atomic E-state index is -0.229. The first-order chi connectivity index (χ1) is 5.68. The first-order valence-electron chi connectivity index (χ1n) is 4.17. The summed E-state index contributed by atoms with van der Waals surface area (Å²) in [7, 11) is 0. The van der Waals surface area contributed by atoms with Crippen LogP contribution in [-0.4, -0.2) is 31.0 Å². The molecule has 1 atom stereocenters. The van der Waals surface area contributed by atoms with Gasteiger partial charge in [0.15, 0.2) is 0 Å². The molecule has 0 radical (unpaired) electrons.